The Morgan fingerprint density at radius 2 is 2.36 bits per heavy atom. The lowest BCUT2D eigenvalue weighted by molar-refractivity contribution is 0.0808. The molecule has 0 radical (unpaired) electrons. The summed E-state index contributed by atoms with van der Waals surface area (Å²) in [6, 6.07) is 8.39. The van der Waals surface area contributed by atoms with Crippen LogP contribution in [0.5, 0.6) is 0 Å². The van der Waals surface area contributed by atoms with Gasteiger partial charge in [-0.25, -0.2) is 0 Å². The van der Waals surface area contributed by atoms with E-state index >= 15 is 0 Å². The van der Waals surface area contributed by atoms with Gasteiger partial charge in [0.2, 0.25) is 0 Å². The molecule has 3 nitrogen and oxygen atoms in total. The van der Waals surface area contributed by atoms with Crippen LogP contribution >= 0.6 is 0 Å². The van der Waals surface area contributed by atoms with Crippen molar-refractivity contribution in [1.29, 1.82) is 0 Å². The van der Waals surface area contributed by atoms with E-state index in [1.165, 1.54) is 6.42 Å². The van der Waals surface area contributed by atoms with Gasteiger partial charge in [-0.05, 0) is 30.7 Å². The first-order chi connectivity index (χ1) is 6.84. The number of ether oxygens (including phenoxy) is 1. The van der Waals surface area contributed by atoms with E-state index in [-0.39, 0.29) is 0 Å². The number of hydrogen-bond donors (Lipinski definition) is 2. The number of rotatable bonds is 4. The molecule has 1 aromatic rings. The Balaban J connectivity index is 1.74. The molecule has 0 bridgehead atoms. The molecule has 0 spiro atoms. The summed E-state index contributed by atoms with van der Waals surface area (Å²) < 4.78 is 5.56. The average molecular weight is 192 g/mol. The third kappa shape index (κ3) is 2.47. The molecular formula is C11H16N2O. The van der Waals surface area contributed by atoms with Crippen molar-refractivity contribution in [3.8, 4) is 0 Å². The van der Waals surface area contributed by atoms with Gasteiger partial charge in [0.15, 0.2) is 0 Å². The van der Waals surface area contributed by atoms with Gasteiger partial charge in [-0.1, -0.05) is 12.1 Å². The predicted molar refractivity (Wildman–Crippen MR) is 56.9 cm³/mol. The highest BCUT2D eigenvalue weighted by atomic mass is 16.5. The lowest BCUT2D eigenvalue weighted by atomic mass is 10.1. The van der Waals surface area contributed by atoms with Gasteiger partial charge in [0.05, 0.1) is 13.2 Å². The zero-order valence-corrected chi connectivity index (χ0v) is 8.20. The van der Waals surface area contributed by atoms with Gasteiger partial charge < -0.3 is 15.8 Å². The smallest absolute Gasteiger partial charge is 0.0718 e. The second-order valence-electron chi connectivity index (χ2n) is 3.70. The highest BCUT2D eigenvalue weighted by molar-refractivity contribution is 5.40. The number of benzene rings is 1. The first-order valence-corrected chi connectivity index (χ1v) is 5.00. The molecule has 1 aliphatic heterocycles. The minimum absolute atomic E-state index is 0.566. The number of nitrogens with two attached hydrogens (primary N) is 1. The van der Waals surface area contributed by atoms with E-state index in [9.17, 15) is 0 Å². The monoisotopic (exact) mass is 192 g/mol. The Morgan fingerprint density at radius 1 is 1.50 bits per heavy atom. The summed E-state index contributed by atoms with van der Waals surface area (Å²) >= 11 is 0. The van der Waals surface area contributed by atoms with E-state index < -0.39 is 0 Å². The van der Waals surface area contributed by atoms with Gasteiger partial charge in [0.25, 0.3) is 0 Å². The van der Waals surface area contributed by atoms with Crippen LogP contribution in [0.25, 0.3) is 0 Å². The van der Waals surface area contributed by atoms with E-state index in [4.69, 9.17) is 10.5 Å². The van der Waals surface area contributed by atoms with Crippen LogP contribution in [0.4, 0.5) is 5.69 Å². The number of anilines is 1. The van der Waals surface area contributed by atoms with Crippen molar-refractivity contribution in [3.63, 3.8) is 0 Å². The molecule has 2 rings (SSSR count). The van der Waals surface area contributed by atoms with E-state index in [2.05, 4.69) is 5.32 Å². The van der Waals surface area contributed by atoms with Crippen LogP contribution < -0.4 is 11.1 Å². The third-order valence-corrected chi connectivity index (χ3v) is 2.46. The van der Waals surface area contributed by atoms with Crippen LogP contribution in [0, 0.1) is 0 Å². The summed E-state index contributed by atoms with van der Waals surface area (Å²) in [6.45, 7) is 2.59. The Hall–Kier alpha value is -1.06. The second-order valence-corrected chi connectivity index (χ2v) is 3.70. The fourth-order valence-corrected chi connectivity index (χ4v) is 1.49. The van der Waals surface area contributed by atoms with Gasteiger partial charge in [0.1, 0.15) is 0 Å². The first kappa shape index (κ1) is 9.49. The van der Waals surface area contributed by atoms with Gasteiger partial charge in [-0.15, -0.1) is 0 Å². The topological polar surface area (TPSA) is 47.3 Å². The normalized spacial score (nSPS) is 20.4. The number of hydrogen-bond acceptors (Lipinski definition) is 3. The molecule has 1 saturated heterocycles. The highest BCUT2D eigenvalue weighted by Crippen LogP contribution is 2.09. The lowest BCUT2D eigenvalue weighted by Gasteiger charge is -2.27. The fraction of sp³-hybridized carbons (Fsp3) is 0.455. The molecule has 0 amide bonds. The van der Waals surface area contributed by atoms with Crippen molar-refractivity contribution in [1.82, 2.24) is 5.32 Å². The summed E-state index contributed by atoms with van der Waals surface area (Å²) in [4.78, 5) is 0. The summed E-state index contributed by atoms with van der Waals surface area (Å²) in [5.41, 5.74) is 7.60. The maximum absolute atomic E-state index is 5.66. The van der Waals surface area contributed by atoms with Crippen molar-refractivity contribution in [2.45, 2.75) is 19.1 Å². The summed E-state index contributed by atoms with van der Waals surface area (Å²) in [6.07, 6.45) is 1.23. The largest absolute Gasteiger partial charge is 0.399 e. The zero-order valence-electron chi connectivity index (χ0n) is 8.20. The Morgan fingerprint density at radius 3 is 3.00 bits per heavy atom. The molecule has 3 heteroatoms. The second kappa shape index (κ2) is 4.44. The molecule has 1 fully saturated rings. The third-order valence-electron chi connectivity index (χ3n) is 2.46. The number of nitrogens with one attached hydrogen (secondary N) is 1. The first-order valence-electron chi connectivity index (χ1n) is 5.00. The van der Waals surface area contributed by atoms with Gasteiger partial charge >= 0.3 is 0 Å². The van der Waals surface area contributed by atoms with Gasteiger partial charge in [-0.3, -0.25) is 0 Å². The molecule has 0 aliphatic carbocycles. The summed E-state index contributed by atoms with van der Waals surface area (Å²) in [5, 5.41) is 3.29. The minimum atomic E-state index is 0.566. The van der Waals surface area contributed by atoms with E-state index in [0.717, 1.165) is 24.4 Å². The Bertz CT molecular complexity index is 297. The van der Waals surface area contributed by atoms with E-state index in [1.54, 1.807) is 0 Å². The Kier molecular flexibility index (Phi) is 3.01. The zero-order chi connectivity index (χ0) is 9.80. The maximum Gasteiger partial charge on any atom is 0.0718 e. The van der Waals surface area contributed by atoms with Crippen molar-refractivity contribution in [3.05, 3.63) is 29.8 Å². The molecule has 3 N–H and O–H groups in total. The summed E-state index contributed by atoms with van der Waals surface area (Å²) in [5.74, 6) is 0. The molecule has 1 heterocycles. The molecule has 76 valence electrons. The molecular weight excluding hydrogens is 176 g/mol. The van der Waals surface area contributed by atoms with E-state index in [0.29, 0.717) is 12.6 Å². The summed E-state index contributed by atoms with van der Waals surface area (Å²) in [7, 11) is 0. The van der Waals surface area contributed by atoms with Crippen LogP contribution in [-0.4, -0.2) is 19.2 Å². The minimum Gasteiger partial charge on any atom is -0.399 e. The molecule has 0 aromatic heterocycles. The van der Waals surface area contributed by atoms with Crippen molar-refractivity contribution >= 4 is 5.69 Å². The quantitative estimate of drug-likeness (QED) is 0.703. The van der Waals surface area contributed by atoms with Gasteiger partial charge in [-0.2, -0.15) is 0 Å². The van der Waals surface area contributed by atoms with Crippen LogP contribution in [0.15, 0.2) is 24.3 Å². The molecule has 1 aromatic carbocycles. The van der Waals surface area contributed by atoms with Gasteiger partial charge in [0, 0.05) is 11.7 Å². The highest BCUT2D eigenvalue weighted by Gasteiger charge is 2.15. The van der Waals surface area contributed by atoms with Crippen molar-refractivity contribution < 1.29 is 4.74 Å². The Labute approximate surface area is 84.3 Å². The van der Waals surface area contributed by atoms with Crippen molar-refractivity contribution in [2.24, 2.45) is 0 Å². The lowest BCUT2D eigenvalue weighted by Crippen LogP contribution is -2.45. The standard InChI is InChI=1S/C11H16N2O/c12-10-3-1-2-9(6-10)7-14-8-11-4-5-13-11/h1-3,6,11,13H,4-5,7-8,12H2. The maximum atomic E-state index is 5.66. The molecule has 0 saturated carbocycles. The molecule has 14 heavy (non-hydrogen) atoms. The molecule has 1 atom stereocenters. The predicted octanol–water partition coefficient (Wildman–Crippen LogP) is 1.15. The van der Waals surface area contributed by atoms with Crippen LogP contribution in [0.2, 0.25) is 0 Å². The van der Waals surface area contributed by atoms with Crippen LogP contribution in [-0.2, 0) is 11.3 Å². The SMILES string of the molecule is Nc1cccc(COCC2CCN2)c1. The molecule has 1 aliphatic rings. The average Bonchev–Trinajstić information content (AvgIpc) is 2.09. The number of nitrogen functional groups attached to an aromatic ring is 1. The van der Waals surface area contributed by atoms with E-state index in [1.807, 2.05) is 24.3 Å². The fourth-order valence-electron chi connectivity index (χ4n) is 1.49. The molecule has 1 unspecified atom stereocenters. The van der Waals surface area contributed by atoms with Crippen LogP contribution in [0.1, 0.15) is 12.0 Å². The van der Waals surface area contributed by atoms with Crippen molar-refractivity contribution in [2.75, 3.05) is 18.9 Å². The van der Waals surface area contributed by atoms with Crippen LogP contribution in [0.3, 0.4) is 0 Å².